The minimum Gasteiger partial charge on any atom is -0.358 e. The van der Waals surface area contributed by atoms with Gasteiger partial charge in [0.1, 0.15) is 0 Å². The second kappa shape index (κ2) is 8.32. The van der Waals surface area contributed by atoms with Gasteiger partial charge in [-0.15, -0.1) is 0 Å². The van der Waals surface area contributed by atoms with Crippen LogP contribution in [0.15, 0.2) is 48.5 Å². The van der Waals surface area contributed by atoms with Gasteiger partial charge in [0.15, 0.2) is 0 Å². The van der Waals surface area contributed by atoms with Crippen molar-refractivity contribution < 1.29 is 0 Å². The molecular weight excluding hydrogens is 332 g/mol. The molecule has 0 unspecified atom stereocenters. The number of anilines is 2. The van der Waals surface area contributed by atoms with Crippen LogP contribution in [0.4, 0.5) is 11.4 Å². The van der Waals surface area contributed by atoms with Crippen LogP contribution in [-0.2, 0) is 0 Å². The van der Waals surface area contributed by atoms with Crippen molar-refractivity contribution >= 4 is 11.4 Å². The van der Waals surface area contributed by atoms with Crippen LogP contribution in [0.1, 0.15) is 24.0 Å². The van der Waals surface area contributed by atoms with Gasteiger partial charge in [0.25, 0.3) is 0 Å². The van der Waals surface area contributed by atoms with E-state index in [4.69, 9.17) is 0 Å². The Kier molecular flexibility index (Phi) is 5.65. The maximum absolute atomic E-state index is 2.60. The smallest absolute Gasteiger partial charge is 0.0717 e. The highest BCUT2D eigenvalue weighted by molar-refractivity contribution is 5.48. The van der Waals surface area contributed by atoms with E-state index in [9.17, 15) is 0 Å². The van der Waals surface area contributed by atoms with E-state index in [1.807, 2.05) is 0 Å². The minimum absolute atomic E-state index is 1.03. The fraction of sp³-hybridized carbons (Fsp3) is 0.478. The summed E-state index contributed by atoms with van der Waals surface area (Å²) in [6, 6.07) is 17.9. The van der Waals surface area contributed by atoms with Gasteiger partial charge < -0.3 is 9.80 Å². The first-order valence-electron chi connectivity index (χ1n) is 10.3. The summed E-state index contributed by atoms with van der Waals surface area (Å²) in [5.41, 5.74) is 5.37. The second-order valence-electron chi connectivity index (χ2n) is 8.12. The average Bonchev–Trinajstić information content (AvgIpc) is 2.69. The molecular formula is C23H32N4. The summed E-state index contributed by atoms with van der Waals surface area (Å²) in [4.78, 5) is 10.2. The molecule has 2 saturated heterocycles. The van der Waals surface area contributed by atoms with E-state index in [2.05, 4.69) is 82.0 Å². The summed E-state index contributed by atoms with van der Waals surface area (Å²) >= 11 is 0. The van der Waals surface area contributed by atoms with E-state index in [1.54, 1.807) is 0 Å². The largest absolute Gasteiger partial charge is 0.358 e. The van der Waals surface area contributed by atoms with Crippen LogP contribution in [0.3, 0.4) is 0 Å². The van der Waals surface area contributed by atoms with E-state index in [1.165, 1.54) is 48.4 Å². The summed E-state index contributed by atoms with van der Waals surface area (Å²) in [6.45, 7) is 12.2. The van der Waals surface area contributed by atoms with Gasteiger partial charge in [0, 0.05) is 37.6 Å². The molecule has 2 heterocycles. The maximum Gasteiger partial charge on any atom is 0.0717 e. The van der Waals surface area contributed by atoms with E-state index >= 15 is 0 Å². The molecule has 2 aromatic rings. The molecule has 2 fully saturated rings. The maximum atomic E-state index is 2.60. The lowest BCUT2D eigenvalue weighted by Gasteiger charge is -2.43. The zero-order valence-electron chi connectivity index (χ0n) is 16.8. The highest BCUT2D eigenvalue weighted by Crippen LogP contribution is 2.21. The third-order valence-electron chi connectivity index (χ3n) is 5.74. The Bertz CT molecular complexity index is 662. The summed E-state index contributed by atoms with van der Waals surface area (Å²) < 4.78 is 0. The summed E-state index contributed by atoms with van der Waals surface area (Å²) in [7, 11) is 0. The predicted molar refractivity (Wildman–Crippen MR) is 114 cm³/mol. The Labute approximate surface area is 164 Å². The summed E-state index contributed by atoms with van der Waals surface area (Å²) in [6.07, 6.45) is 2.48. The number of aryl methyl sites for hydroxylation is 2. The first-order valence-corrected chi connectivity index (χ1v) is 10.3. The second-order valence-corrected chi connectivity index (χ2v) is 8.12. The van der Waals surface area contributed by atoms with Crippen LogP contribution in [0.25, 0.3) is 0 Å². The van der Waals surface area contributed by atoms with Gasteiger partial charge in [0.2, 0.25) is 0 Å². The molecule has 0 saturated carbocycles. The molecule has 144 valence electrons. The lowest BCUT2D eigenvalue weighted by molar-refractivity contribution is 0.107. The van der Waals surface area contributed by atoms with Crippen molar-refractivity contribution in [2.75, 3.05) is 56.0 Å². The van der Waals surface area contributed by atoms with Gasteiger partial charge in [-0.1, -0.05) is 35.4 Å². The zero-order chi connectivity index (χ0) is 18.6. The molecule has 2 aromatic carbocycles. The molecule has 0 aromatic heterocycles. The molecule has 0 bridgehead atoms. The minimum atomic E-state index is 1.03. The van der Waals surface area contributed by atoms with Crippen molar-refractivity contribution in [3.63, 3.8) is 0 Å². The molecule has 0 radical (unpaired) electrons. The molecule has 0 amide bonds. The van der Waals surface area contributed by atoms with E-state index < -0.39 is 0 Å². The Balaban J connectivity index is 1.35. The number of hydrogen-bond donors (Lipinski definition) is 0. The van der Waals surface area contributed by atoms with Gasteiger partial charge in [-0.05, 0) is 51.0 Å². The molecule has 0 atom stereocenters. The van der Waals surface area contributed by atoms with Gasteiger partial charge >= 0.3 is 0 Å². The van der Waals surface area contributed by atoms with Crippen LogP contribution in [0.2, 0.25) is 0 Å². The quantitative estimate of drug-likeness (QED) is 0.816. The molecule has 2 aliphatic heterocycles. The molecule has 4 heteroatoms. The molecule has 0 aliphatic carbocycles. The summed E-state index contributed by atoms with van der Waals surface area (Å²) in [5, 5.41) is 0. The summed E-state index contributed by atoms with van der Waals surface area (Å²) in [5.74, 6) is 0. The normalized spacial score (nSPS) is 19.5. The monoisotopic (exact) mass is 364 g/mol. The molecule has 4 nitrogen and oxygen atoms in total. The van der Waals surface area contributed by atoms with Crippen molar-refractivity contribution in [3.8, 4) is 0 Å². The van der Waals surface area contributed by atoms with Crippen LogP contribution in [0.5, 0.6) is 0 Å². The molecule has 0 spiro atoms. The van der Waals surface area contributed by atoms with E-state index in [0.717, 1.165) is 33.1 Å². The van der Waals surface area contributed by atoms with E-state index in [0.29, 0.717) is 0 Å². The Morgan fingerprint density at radius 2 is 1.00 bits per heavy atom. The first kappa shape index (κ1) is 18.3. The van der Waals surface area contributed by atoms with E-state index in [-0.39, 0.29) is 0 Å². The Morgan fingerprint density at radius 3 is 1.41 bits per heavy atom. The van der Waals surface area contributed by atoms with Crippen LogP contribution >= 0.6 is 0 Å². The molecule has 2 aliphatic rings. The fourth-order valence-corrected chi connectivity index (χ4v) is 4.18. The number of hydrogen-bond acceptors (Lipinski definition) is 4. The van der Waals surface area contributed by atoms with Gasteiger partial charge in [-0.25, -0.2) is 0 Å². The van der Waals surface area contributed by atoms with Gasteiger partial charge in [0.05, 0.1) is 20.0 Å². The molecule has 4 rings (SSSR count). The standard InChI is InChI=1S/C23H32N4/c1-20-5-9-22(10-6-20)26-15-3-13-24(18-26)17-25-14-4-16-27(19-25)23-11-7-21(2)8-12-23/h5-12H,3-4,13-19H2,1-2H3. The Morgan fingerprint density at radius 1 is 0.593 bits per heavy atom. The number of rotatable bonds is 4. The van der Waals surface area contributed by atoms with Crippen LogP contribution in [-0.4, -0.2) is 56.0 Å². The highest BCUT2D eigenvalue weighted by Gasteiger charge is 2.23. The first-order chi connectivity index (χ1) is 13.2. The zero-order valence-corrected chi connectivity index (χ0v) is 16.8. The third-order valence-corrected chi connectivity index (χ3v) is 5.74. The van der Waals surface area contributed by atoms with Crippen LogP contribution < -0.4 is 9.80 Å². The van der Waals surface area contributed by atoms with Crippen molar-refractivity contribution in [3.05, 3.63) is 59.7 Å². The lowest BCUT2D eigenvalue weighted by atomic mass is 10.2. The van der Waals surface area contributed by atoms with Crippen molar-refractivity contribution in [1.29, 1.82) is 0 Å². The molecule has 27 heavy (non-hydrogen) atoms. The average molecular weight is 365 g/mol. The van der Waals surface area contributed by atoms with Gasteiger partial charge in [-0.2, -0.15) is 0 Å². The molecule has 0 N–H and O–H groups in total. The lowest BCUT2D eigenvalue weighted by Crippen LogP contribution is -2.53. The van der Waals surface area contributed by atoms with Crippen molar-refractivity contribution in [2.24, 2.45) is 0 Å². The SMILES string of the molecule is Cc1ccc(N2CCCN(CN3CCCN(c4ccc(C)cc4)C3)C2)cc1. The fourth-order valence-electron chi connectivity index (χ4n) is 4.18. The van der Waals surface area contributed by atoms with Crippen molar-refractivity contribution in [1.82, 2.24) is 9.80 Å². The highest BCUT2D eigenvalue weighted by atomic mass is 15.4. The van der Waals surface area contributed by atoms with Gasteiger partial charge in [-0.3, -0.25) is 9.80 Å². The topological polar surface area (TPSA) is 13.0 Å². The van der Waals surface area contributed by atoms with Crippen molar-refractivity contribution in [2.45, 2.75) is 26.7 Å². The Hall–Kier alpha value is -2.04. The van der Waals surface area contributed by atoms with Crippen LogP contribution in [0, 0.1) is 13.8 Å². The predicted octanol–water partition coefficient (Wildman–Crippen LogP) is 3.90. The number of benzene rings is 2. The third kappa shape index (κ3) is 4.63. The number of nitrogens with zero attached hydrogens (tertiary/aromatic N) is 4.